The maximum Gasteiger partial charge on any atom is 0.254 e. The van der Waals surface area contributed by atoms with Gasteiger partial charge in [0.25, 0.3) is 5.91 Å². The van der Waals surface area contributed by atoms with Crippen molar-refractivity contribution >= 4 is 23.1 Å². The minimum Gasteiger partial charge on any atom is -0.497 e. The van der Waals surface area contributed by atoms with Gasteiger partial charge in [0.15, 0.2) is 0 Å². The van der Waals surface area contributed by atoms with Crippen LogP contribution >= 0.6 is 12.2 Å². The minimum atomic E-state index is -0.00708. The summed E-state index contributed by atoms with van der Waals surface area (Å²) in [5.74, 6) is 0.732. The summed E-state index contributed by atoms with van der Waals surface area (Å²) < 4.78 is 5.11. The topological polar surface area (TPSA) is 55.6 Å². The van der Waals surface area contributed by atoms with E-state index in [2.05, 4.69) is 0 Å². The number of benzene rings is 1. The third-order valence-electron chi connectivity index (χ3n) is 3.69. The average Bonchev–Trinajstić information content (AvgIpc) is 2.98. The molecule has 20 heavy (non-hydrogen) atoms. The molecule has 0 heterocycles. The highest BCUT2D eigenvalue weighted by Gasteiger charge is 2.27. The van der Waals surface area contributed by atoms with Gasteiger partial charge >= 0.3 is 0 Å². The molecule has 1 aliphatic carbocycles. The summed E-state index contributed by atoms with van der Waals surface area (Å²) in [5.41, 5.74) is 6.29. The Balaban J connectivity index is 2.17. The molecule has 1 fully saturated rings. The van der Waals surface area contributed by atoms with Crippen molar-refractivity contribution in [3.8, 4) is 5.75 Å². The van der Waals surface area contributed by atoms with Crippen molar-refractivity contribution in [1.82, 2.24) is 4.90 Å². The molecule has 1 amide bonds. The molecule has 2 N–H and O–H groups in total. The van der Waals surface area contributed by atoms with E-state index in [1.807, 2.05) is 4.90 Å². The zero-order chi connectivity index (χ0) is 14.5. The minimum absolute atomic E-state index is 0.00708. The molecular formula is C15H20N2O2S. The van der Waals surface area contributed by atoms with E-state index in [-0.39, 0.29) is 11.9 Å². The molecule has 5 heteroatoms. The molecule has 1 aromatic rings. The lowest BCUT2D eigenvalue weighted by Gasteiger charge is -2.28. The highest BCUT2D eigenvalue weighted by atomic mass is 32.1. The van der Waals surface area contributed by atoms with Crippen molar-refractivity contribution in [2.45, 2.75) is 31.7 Å². The van der Waals surface area contributed by atoms with Crippen molar-refractivity contribution in [1.29, 1.82) is 0 Å². The summed E-state index contributed by atoms with van der Waals surface area (Å²) >= 11 is 4.98. The Hall–Kier alpha value is -1.62. The largest absolute Gasteiger partial charge is 0.497 e. The van der Waals surface area contributed by atoms with Gasteiger partial charge in [0, 0.05) is 11.6 Å². The number of hydrogen-bond donors (Lipinski definition) is 1. The van der Waals surface area contributed by atoms with E-state index in [9.17, 15) is 4.79 Å². The van der Waals surface area contributed by atoms with Crippen molar-refractivity contribution in [3.63, 3.8) is 0 Å². The number of thiocarbonyl (C=S) groups is 1. The van der Waals surface area contributed by atoms with Gasteiger partial charge in [0.05, 0.1) is 18.6 Å². The zero-order valence-corrected chi connectivity index (χ0v) is 12.5. The summed E-state index contributed by atoms with van der Waals surface area (Å²) in [7, 11) is 1.61. The summed E-state index contributed by atoms with van der Waals surface area (Å²) in [4.78, 5) is 14.8. The third-order valence-corrected chi connectivity index (χ3v) is 3.82. The third kappa shape index (κ3) is 3.48. The highest BCUT2D eigenvalue weighted by molar-refractivity contribution is 7.80. The molecule has 0 saturated heterocycles. The molecular weight excluding hydrogens is 272 g/mol. The molecule has 2 rings (SSSR count). The van der Waals surface area contributed by atoms with E-state index in [1.165, 1.54) is 0 Å². The quantitative estimate of drug-likeness (QED) is 0.847. The predicted octanol–water partition coefficient (Wildman–Crippen LogP) is 2.37. The predicted molar refractivity (Wildman–Crippen MR) is 83.1 cm³/mol. The van der Waals surface area contributed by atoms with Crippen molar-refractivity contribution in [2.75, 3.05) is 13.7 Å². The van der Waals surface area contributed by atoms with Gasteiger partial charge in [-0.1, -0.05) is 25.1 Å². The molecule has 0 atom stereocenters. The lowest BCUT2D eigenvalue weighted by atomic mass is 10.1. The van der Waals surface area contributed by atoms with Gasteiger partial charge in [-0.2, -0.15) is 0 Å². The van der Waals surface area contributed by atoms with Gasteiger partial charge in [0.2, 0.25) is 0 Å². The first kappa shape index (κ1) is 14.8. The van der Waals surface area contributed by atoms with Crippen LogP contribution in [0, 0.1) is 0 Å². The van der Waals surface area contributed by atoms with E-state index < -0.39 is 0 Å². The Bertz CT molecular complexity index is 481. The number of ether oxygens (including phenoxy) is 1. The van der Waals surface area contributed by atoms with Crippen LogP contribution in [-0.2, 0) is 0 Å². The van der Waals surface area contributed by atoms with Crippen LogP contribution in [0.25, 0.3) is 0 Å². The second-order valence-corrected chi connectivity index (χ2v) is 5.59. The maximum absolute atomic E-state index is 12.6. The Morgan fingerprint density at radius 3 is 2.45 bits per heavy atom. The fourth-order valence-corrected chi connectivity index (χ4v) is 2.79. The Labute approximate surface area is 124 Å². The Morgan fingerprint density at radius 1 is 1.35 bits per heavy atom. The van der Waals surface area contributed by atoms with Crippen LogP contribution in [0.2, 0.25) is 0 Å². The van der Waals surface area contributed by atoms with Crippen LogP contribution in [-0.4, -0.2) is 35.5 Å². The van der Waals surface area contributed by atoms with E-state index in [1.54, 1.807) is 31.4 Å². The smallest absolute Gasteiger partial charge is 0.254 e. The second-order valence-electron chi connectivity index (χ2n) is 5.07. The lowest BCUT2D eigenvalue weighted by molar-refractivity contribution is 0.0714. The lowest BCUT2D eigenvalue weighted by Crippen LogP contribution is -2.43. The van der Waals surface area contributed by atoms with E-state index in [0.29, 0.717) is 17.1 Å². The molecule has 0 bridgehead atoms. The number of carbonyl (C=O) groups excluding carboxylic acids is 1. The van der Waals surface area contributed by atoms with Crippen molar-refractivity contribution in [2.24, 2.45) is 5.73 Å². The van der Waals surface area contributed by atoms with Gasteiger partial charge in [-0.3, -0.25) is 4.79 Å². The highest BCUT2D eigenvalue weighted by Crippen LogP contribution is 2.25. The summed E-state index contributed by atoms with van der Waals surface area (Å²) in [5, 5.41) is 0. The monoisotopic (exact) mass is 292 g/mol. The molecule has 0 aliphatic heterocycles. The fraction of sp³-hybridized carbons (Fsp3) is 0.467. The van der Waals surface area contributed by atoms with E-state index in [0.717, 1.165) is 31.4 Å². The van der Waals surface area contributed by atoms with Crippen molar-refractivity contribution < 1.29 is 9.53 Å². The molecule has 4 nitrogen and oxygen atoms in total. The first-order valence-corrected chi connectivity index (χ1v) is 7.26. The first-order chi connectivity index (χ1) is 9.61. The van der Waals surface area contributed by atoms with Gasteiger partial charge in [-0.15, -0.1) is 0 Å². The molecule has 1 aromatic carbocycles. The summed E-state index contributed by atoms with van der Waals surface area (Å²) in [6.07, 6.45) is 4.39. The number of methoxy groups -OCH3 is 1. The first-order valence-electron chi connectivity index (χ1n) is 6.85. The summed E-state index contributed by atoms with van der Waals surface area (Å²) in [6.45, 7) is 0.352. The number of amides is 1. The molecule has 0 radical (unpaired) electrons. The van der Waals surface area contributed by atoms with Crippen LogP contribution in [0.4, 0.5) is 0 Å². The number of nitrogens with zero attached hydrogens (tertiary/aromatic N) is 1. The van der Waals surface area contributed by atoms with Crippen LogP contribution in [0.3, 0.4) is 0 Å². The van der Waals surface area contributed by atoms with Gasteiger partial charge < -0.3 is 15.4 Å². The van der Waals surface area contributed by atoms with E-state index >= 15 is 0 Å². The summed E-state index contributed by atoms with van der Waals surface area (Å²) in [6, 6.07) is 7.40. The molecule has 1 saturated carbocycles. The molecule has 0 unspecified atom stereocenters. The standard InChI is InChI=1S/C15H20N2O2S/c1-19-13-8-6-11(7-9-13)15(18)17(10-14(16)20)12-4-2-3-5-12/h6-9,12H,2-5,10H2,1H3,(H2,16,20). The van der Waals surface area contributed by atoms with Gasteiger partial charge in [-0.25, -0.2) is 0 Å². The number of carbonyl (C=O) groups is 1. The molecule has 1 aliphatic rings. The van der Waals surface area contributed by atoms with Crippen LogP contribution in [0.5, 0.6) is 5.75 Å². The van der Waals surface area contributed by atoms with Crippen LogP contribution in [0.15, 0.2) is 24.3 Å². The second kappa shape index (κ2) is 6.70. The fourth-order valence-electron chi connectivity index (χ4n) is 2.65. The molecule has 0 spiro atoms. The Kier molecular flexibility index (Phi) is 4.95. The van der Waals surface area contributed by atoms with Gasteiger partial charge in [0.1, 0.15) is 5.75 Å². The zero-order valence-electron chi connectivity index (χ0n) is 11.7. The number of rotatable bonds is 5. The SMILES string of the molecule is COc1ccc(C(=O)N(CC(N)=S)C2CCCC2)cc1. The van der Waals surface area contributed by atoms with Crippen LogP contribution in [0.1, 0.15) is 36.0 Å². The van der Waals surface area contributed by atoms with Crippen LogP contribution < -0.4 is 10.5 Å². The molecule has 0 aromatic heterocycles. The maximum atomic E-state index is 12.6. The van der Waals surface area contributed by atoms with Gasteiger partial charge in [-0.05, 0) is 37.1 Å². The van der Waals surface area contributed by atoms with E-state index in [4.69, 9.17) is 22.7 Å². The molecule has 108 valence electrons. The average molecular weight is 292 g/mol. The van der Waals surface area contributed by atoms with Crippen molar-refractivity contribution in [3.05, 3.63) is 29.8 Å². The Morgan fingerprint density at radius 2 is 1.95 bits per heavy atom. The number of nitrogens with two attached hydrogens (primary N) is 1. The normalized spacial score (nSPS) is 15.1. The number of hydrogen-bond acceptors (Lipinski definition) is 3.